The lowest BCUT2D eigenvalue weighted by Crippen LogP contribution is -2.54. The van der Waals surface area contributed by atoms with Crippen LogP contribution in [0.1, 0.15) is 12.8 Å². The van der Waals surface area contributed by atoms with Gasteiger partial charge in [-0.25, -0.2) is 0 Å². The Morgan fingerprint density at radius 2 is 2.31 bits per heavy atom. The lowest BCUT2D eigenvalue weighted by molar-refractivity contribution is -0.134. The van der Waals surface area contributed by atoms with Crippen molar-refractivity contribution >= 4 is 5.91 Å². The summed E-state index contributed by atoms with van der Waals surface area (Å²) in [6.45, 7) is 3.47. The van der Waals surface area contributed by atoms with Gasteiger partial charge >= 0.3 is 0 Å². The van der Waals surface area contributed by atoms with Crippen molar-refractivity contribution in [2.75, 3.05) is 26.2 Å². The number of nitrogens with two attached hydrogens (primary N) is 1. The predicted octanol–water partition coefficient (Wildman–Crippen LogP) is -0.844. The van der Waals surface area contributed by atoms with Crippen molar-refractivity contribution in [2.45, 2.75) is 18.9 Å². The summed E-state index contributed by atoms with van der Waals surface area (Å²) in [6.07, 6.45) is 2.08. The Morgan fingerprint density at radius 1 is 1.54 bits per heavy atom. The van der Waals surface area contributed by atoms with Gasteiger partial charge in [0.25, 0.3) is 0 Å². The van der Waals surface area contributed by atoms with Crippen LogP contribution in [0.25, 0.3) is 0 Å². The van der Waals surface area contributed by atoms with Crippen molar-refractivity contribution in [3.8, 4) is 0 Å². The molecule has 0 radical (unpaired) electrons. The van der Waals surface area contributed by atoms with Gasteiger partial charge in [-0.2, -0.15) is 0 Å². The molecule has 0 aliphatic carbocycles. The Balaban J connectivity index is 1.84. The van der Waals surface area contributed by atoms with Crippen LogP contribution in [0, 0.1) is 5.92 Å². The molecule has 0 aromatic rings. The minimum Gasteiger partial charge on any atom is -0.341 e. The number of carbonyl (C=O) groups excluding carboxylic acids is 1. The van der Waals surface area contributed by atoms with Crippen LogP contribution in [0.4, 0.5) is 0 Å². The molecule has 1 amide bonds. The van der Waals surface area contributed by atoms with E-state index in [1.807, 2.05) is 4.90 Å². The highest BCUT2D eigenvalue weighted by Gasteiger charge is 2.32. The summed E-state index contributed by atoms with van der Waals surface area (Å²) >= 11 is 0. The van der Waals surface area contributed by atoms with Crippen LogP contribution in [-0.2, 0) is 4.79 Å². The van der Waals surface area contributed by atoms with E-state index in [0.29, 0.717) is 12.5 Å². The van der Waals surface area contributed by atoms with Crippen LogP contribution in [0.15, 0.2) is 0 Å². The molecule has 2 rings (SSSR count). The standard InChI is InChI=1S/C9H17N3O/c10-5-7-2-4-12(6-7)9(13)8-1-3-11-8/h7-8,11H,1-6,10H2/t7?,8-/m1/s1. The van der Waals surface area contributed by atoms with Crippen molar-refractivity contribution in [1.29, 1.82) is 0 Å². The smallest absolute Gasteiger partial charge is 0.239 e. The lowest BCUT2D eigenvalue weighted by Gasteiger charge is -2.30. The van der Waals surface area contributed by atoms with E-state index in [4.69, 9.17) is 5.73 Å². The van der Waals surface area contributed by atoms with Gasteiger partial charge in [0.15, 0.2) is 0 Å². The molecule has 2 saturated heterocycles. The molecule has 0 aromatic carbocycles. The highest BCUT2D eigenvalue weighted by molar-refractivity contribution is 5.83. The van der Waals surface area contributed by atoms with Crippen LogP contribution in [-0.4, -0.2) is 43.0 Å². The lowest BCUT2D eigenvalue weighted by atomic mass is 10.1. The first-order chi connectivity index (χ1) is 6.31. The average molecular weight is 183 g/mol. The maximum absolute atomic E-state index is 11.7. The van der Waals surface area contributed by atoms with Gasteiger partial charge in [0.05, 0.1) is 6.04 Å². The quantitative estimate of drug-likeness (QED) is 0.586. The Kier molecular flexibility index (Phi) is 2.51. The number of likely N-dealkylation sites (tertiary alicyclic amines) is 1. The number of rotatable bonds is 2. The predicted molar refractivity (Wildman–Crippen MR) is 50.1 cm³/mol. The van der Waals surface area contributed by atoms with Crippen molar-refractivity contribution in [1.82, 2.24) is 10.2 Å². The molecule has 0 saturated carbocycles. The number of nitrogens with zero attached hydrogens (tertiary/aromatic N) is 1. The summed E-state index contributed by atoms with van der Waals surface area (Å²) in [6, 6.07) is 0.108. The maximum Gasteiger partial charge on any atom is 0.239 e. The van der Waals surface area contributed by atoms with E-state index >= 15 is 0 Å². The second-order valence-electron chi connectivity index (χ2n) is 3.97. The van der Waals surface area contributed by atoms with Crippen LogP contribution >= 0.6 is 0 Å². The molecule has 2 atom stereocenters. The van der Waals surface area contributed by atoms with Crippen LogP contribution in [0.5, 0.6) is 0 Å². The second-order valence-corrected chi connectivity index (χ2v) is 3.97. The molecule has 0 spiro atoms. The highest BCUT2D eigenvalue weighted by atomic mass is 16.2. The molecule has 13 heavy (non-hydrogen) atoms. The summed E-state index contributed by atoms with van der Waals surface area (Å²) in [5.74, 6) is 0.811. The van der Waals surface area contributed by atoms with Gasteiger partial charge in [-0.15, -0.1) is 0 Å². The normalized spacial score (nSPS) is 33.2. The second kappa shape index (κ2) is 3.64. The number of hydrogen-bond acceptors (Lipinski definition) is 3. The molecule has 2 heterocycles. The summed E-state index contributed by atoms with van der Waals surface area (Å²) in [5.41, 5.74) is 5.57. The number of amides is 1. The van der Waals surface area contributed by atoms with Gasteiger partial charge in [-0.1, -0.05) is 0 Å². The van der Waals surface area contributed by atoms with E-state index in [1.54, 1.807) is 0 Å². The third kappa shape index (κ3) is 1.69. The topological polar surface area (TPSA) is 58.4 Å². The Morgan fingerprint density at radius 3 is 2.77 bits per heavy atom. The molecule has 74 valence electrons. The number of carbonyl (C=O) groups is 1. The number of hydrogen-bond donors (Lipinski definition) is 2. The van der Waals surface area contributed by atoms with Gasteiger partial charge in [0, 0.05) is 13.1 Å². The summed E-state index contributed by atoms with van der Waals surface area (Å²) in [5, 5.41) is 3.13. The zero-order valence-corrected chi connectivity index (χ0v) is 7.83. The average Bonchev–Trinajstić information content (AvgIpc) is 2.48. The summed E-state index contributed by atoms with van der Waals surface area (Å²) in [4.78, 5) is 13.7. The van der Waals surface area contributed by atoms with E-state index in [0.717, 1.165) is 32.5 Å². The van der Waals surface area contributed by atoms with Gasteiger partial charge in [0.1, 0.15) is 0 Å². The molecule has 1 unspecified atom stereocenters. The molecule has 3 N–H and O–H groups in total. The van der Waals surface area contributed by atoms with Crippen molar-refractivity contribution in [3.05, 3.63) is 0 Å². The SMILES string of the molecule is NCC1CCN(C(=O)[C@H]2CCN2)C1. The highest BCUT2D eigenvalue weighted by Crippen LogP contribution is 2.17. The van der Waals surface area contributed by atoms with E-state index in [9.17, 15) is 4.79 Å². The zero-order chi connectivity index (χ0) is 9.26. The van der Waals surface area contributed by atoms with Crippen molar-refractivity contribution in [2.24, 2.45) is 11.7 Å². The molecule has 2 fully saturated rings. The zero-order valence-electron chi connectivity index (χ0n) is 7.83. The fraction of sp³-hybridized carbons (Fsp3) is 0.889. The van der Waals surface area contributed by atoms with Gasteiger partial charge < -0.3 is 16.0 Å². The summed E-state index contributed by atoms with van der Waals surface area (Å²) < 4.78 is 0. The Labute approximate surface area is 78.5 Å². The molecule has 2 aliphatic heterocycles. The fourth-order valence-corrected chi connectivity index (χ4v) is 1.95. The molecule has 0 bridgehead atoms. The first-order valence-corrected chi connectivity index (χ1v) is 5.03. The van der Waals surface area contributed by atoms with Crippen molar-refractivity contribution in [3.63, 3.8) is 0 Å². The van der Waals surface area contributed by atoms with Crippen LogP contribution in [0.3, 0.4) is 0 Å². The van der Waals surface area contributed by atoms with E-state index < -0.39 is 0 Å². The molecule has 0 aromatic heterocycles. The van der Waals surface area contributed by atoms with Crippen LogP contribution in [0.2, 0.25) is 0 Å². The van der Waals surface area contributed by atoms with E-state index in [1.165, 1.54) is 0 Å². The Bertz CT molecular complexity index is 203. The molecular weight excluding hydrogens is 166 g/mol. The third-order valence-corrected chi connectivity index (χ3v) is 3.05. The molecule has 2 aliphatic rings. The minimum absolute atomic E-state index is 0.108. The van der Waals surface area contributed by atoms with E-state index in [-0.39, 0.29) is 11.9 Å². The Hall–Kier alpha value is -0.610. The largest absolute Gasteiger partial charge is 0.341 e. The van der Waals surface area contributed by atoms with Crippen LogP contribution < -0.4 is 11.1 Å². The van der Waals surface area contributed by atoms with Crippen molar-refractivity contribution < 1.29 is 4.79 Å². The van der Waals surface area contributed by atoms with Gasteiger partial charge in [-0.3, -0.25) is 4.79 Å². The fourth-order valence-electron chi connectivity index (χ4n) is 1.95. The molecule has 4 heteroatoms. The van der Waals surface area contributed by atoms with Gasteiger partial charge in [0.2, 0.25) is 5.91 Å². The molecule has 4 nitrogen and oxygen atoms in total. The first-order valence-electron chi connectivity index (χ1n) is 5.03. The molecular formula is C9H17N3O. The first kappa shape index (κ1) is 8.97. The third-order valence-electron chi connectivity index (χ3n) is 3.05. The van der Waals surface area contributed by atoms with E-state index in [2.05, 4.69) is 5.32 Å². The minimum atomic E-state index is 0.108. The monoisotopic (exact) mass is 183 g/mol. The number of nitrogens with one attached hydrogen (secondary N) is 1. The summed E-state index contributed by atoms with van der Waals surface area (Å²) in [7, 11) is 0. The maximum atomic E-state index is 11.7. The van der Waals surface area contributed by atoms with Gasteiger partial charge in [-0.05, 0) is 31.8 Å².